The van der Waals surface area contributed by atoms with Crippen LogP contribution in [0.3, 0.4) is 0 Å². The maximum Gasteiger partial charge on any atom is 0.282 e. The van der Waals surface area contributed by atoms with Gasteiger partial charge in [-0.2, -0.15) is 4.98 Å². The van der Waals surface area contributed by atoms with Crippen LogP contribution in [0.1, 0.15) is 22.3 Å². The molecule has 0 radical (unpaired) electrons. The minimum absolute atomic E-state index is 0.277. The molecule has 0 aliphatic carbocycles. The average molecular weight is 478 g/mol. The van der Waals surface area contributed by atoms with Gasteiger partial charge in [0.05, 0.1) is 38.3 Å². The number of fused-ring (bicyclic) bond motifs is 2. The molecule has 1 aromatic heterocycles. The van der Waals surface area contributed by atoms with Crippen molar-refractivity contribution in [3.05, 3.63) is 56.9 Å². The number of methoxy groups -OCH3 is 3. The van der Waals surface area contributed by atoms with Crippen LogP contribution >= 0.6 is 0 Å². The zero-order valence-corrected chi connectivity index (χ0v) is 20.7. The molecule has 0 amide bonds. The van der Waals surface area contributed by atoms with Crippen molar-refractivity contribution in [3.8, 4) is 11.5 Å². The van der Waals surface area contributed by atoms with Crippen LogP contribution in [0.25, 0.3) is 10.9 Å². The summed E-state index contributed by atoms with van der Waals surface area (Å²) < 4.78 is 16.2. The molecule has 0 saturated heterocycles. The van der Waals surface area contributed by atoms with E-state index >= 15 is 0 Å². The van der Waals surface area contributed by atoms with Crippen LogP contribution < -0.4 is 19.9 Å². The standard InChI is InChI=1S/C26H31N5O4/c1-16-22-20(14-21(34-3)23(16)35-4)28-26(29-25(22)32)31-10-8-18-17(15-31)6-5-7-19(18)24-27-9-11-30(24)12-13-33-2/h5-7,14H,8-13,15H2,1-4H3,(H,28,29,32). The molecule has 3 heterocycles. The van der Waals surface area contributed by atoms with Crippen LogP contribution in [0.15, 0.2) is 34.1 Å². The second-order valence-electron chi connectivity index (χ2n) is 8.83. The Labute approximate surface area is 204 Å². The maximum atomic E-state index is 13.0. The first-order chi connectivity index (χ1) is 17.0. The van der Waals surface area contributed by atoms with Crippen LogP contribution in [0.4, 0.5) is 5.95 Å². The van der Waals surface area contributed by atoms with Crippen LogP contribution in [0.2, 0.25) is 0 Å². The Morgan fingerprint density at radius 3 is 2.77 bits per heavy atom. The number of anilines is 1. The zero-order chi connectivity index (χ0) is 24.5. The van der Waals surface area contributed by atoms with Crippen molar-refractivity contribution in [2.45, 2.75) is 19.9 Å². The van der Waals surface area contributed by atoms with E-state index in [1.54, 1.807) is 27.4 Å². The number of aromatic amines is 1. The monoisotopic (exact) mass is 477 g/mol. The van der Waals surface area contributed by atoms with Gasteiger partial charge in [-0.25, -0.2) is 0 Å². The predicted molar refractivity (Wildman–Crippen MR) is 136 cm³/mol. The smallest absolute Gasteiger partial charge is 0.282 e. The van der Waals surface area contributed by atoms with Gasteiger partial charge in [-0.1, -0.05) is 18.2 Å². The van der Waals surface area contributed by atoms with E-state index in [9.17, 15) is 4.79 Å². The first-order valence-electron chi connectivity index (χ1n) is 11.9. The zero-order valence-electron chi connectivity index (χ0n) is 20.7. The lowest BCUT2D eigenvalue weighted by atomic mass is 9.93. The van der Waals surface area contributed by atoms with Gasteiger partial charge in [-0.05, 0) is 24.5 Å². The molecule has 1 N–H and O–H groups in total. The van der Waals surface area contributed by atoms with Crippen LogP contribution in [-0.2, 0) is 17.7 Å². The molecule has 2 aliphatic heterocycles. The van der Waals surface area contributed by atoms with Crippen molar-refractivity contribution in [1.82, 2.24) is 14.9 Å². The number of H-pyrrole nitrogens is 1. The Morgan fingerprint density at radius 2 is 2.00 bits per heavy atom. The Morgan fingerprint density at radius 1 is 1.14 bits per heavy atom. The van der Waals surface area contributed by atoms with Crippen molar-refractivity contribution in [1.29, 1.82) is 0 Å². The Kier molecular flexibility index (Phi) is 6.34. The molecule has 0 spiro atoms. The molecule has 9 heteroatoms. The molecular formula is C26H31N5O4. The molecule has 0 atom stereocenters. The number of amidine groups is 1. The molecule has 5 rings (SSSR count). The highest BCUT2D eigenvalue weighted by Gasteiger charge is 2.26. The van der Waals surface area contributed by atoms with Gasteiger partial charge >= 0.3 is 0 Å². The lowest BCUT2D eigenvalue weighted by Crippen LogP contribution is -2.36. The fourth-order valence-electron chi connectivity index (χ4n) is 5.16. The minimum atomic E-state index is -0.277. The minimum Gasteiger partial charge on any atom is -0.493 e. The number of aryl methyl sites for hydroxylation is 1. The van der Waals surface area contributed by atoms with Gasteiger partial charge in [-0.15, -0.1) is 0 Å². The first kappa shape index (κ1) is 23.2. The normalized spacial score (nSPS) is 15.4. The molecular weight excluding hydrogens is 446 g/mol. The lowest BCUT2D eigenvalue weighted by Gasteiger charge is -2.31. The summed E-state index contributed by atoms with van der Waals surface area (Å²) in [6, 6.07) is 8.20. The van der Waals surface area contributed by atoms with Crippen LogP contribution in [0.5, 0.6) is 11.5 Å². The highest BCUT2D eigenvalue weighted by molar-refractivity contribution is 6.01. The van der Waals surface area contributed by atoms with E-state index in [-0.39, 0.29) is 5.56 Å². The van der Waals surface area contributed by atoms with Crippen molar-refractivity contribution in [2.24, 2.45) is 4.99 Å². The summed E-state index contributed by atoms with van der Waals surface area (Å²) in [7, 11) is 4.89. The summed E-state index contributed by atoms with van der Waals surface area (Å²) in [5.41, 5.74) is 4.86. The summed E-state index contributed by atoms with van der Waals surface area (Å²) in [4.78, 5) is 30.0. The number of ether oxygens (including phenoxy) is 3. The van der Waals surface area contributed by atoms with E-state index in [4.69, 9.17) is 19.2 Å². The van der Waals surface area contributed by atoms with Crippen molar-refractivity contribution >= 4 is 22.7 Å². The fourth-order valence-corrected chi connectivity index (χ4v) is 5.16. The van der Waals surface area contributed by atoms with Crippen molar-refractivity contribution in [3.63, 3.8) is 0 Å². The highest BCUT2D eigenvalue weighted by atomic mass is 16.5. The van der Waals surface area contributed by atoms with Gasteiger partial charge < -0.3 is 29.0 Å². The second-order valence-corrected chi connectivity index (χ2v) is 8.83. The van der Waals surface area contributed by atoms with Gasteiger partial charge in [0.25, 0.3) is 5.56 Å². The summed E-state index contributed by atoms with van der Waals surface area (Å²) in [5, 5.41) is 0.515. The fraction of sp³-hybridized carbons (Fsp3) is 0.423. The molecule has 3 aromatic rings. The molecule has 0 unspecified atom stereocenters. The van der Waals surface area contributed by atoms with Gasteiger partial charge in [0, 0.05) is 50.5 Å². The molecule has 0 saturated carbocycles. The largest absolute Gasteiger partial charge is 0.493 e. The Balaban J connectivity index is 1.48. The van der Waals surface area contributed by atoms with Gasteiger partial charge in [0.15, 0.2) is 11.5 Å². The summed E-state index contributed by atoms with van der Waals surface area (Å²) in [5.74, 6) is 2.74. The van der Waals surface area contributed by atoms with Gasteiger partial charge in [-0.3, -0.25) is 9.79 Å². The van der Waals surface area contributed by atoms with Crippen molar-refractivity contribution in [2.75, 3.05) is 59.0 Å². The van der Waals surface area contributed by atoms with E-state index in [2.05, 4.69) is 38.0 Å². The average Bonchev–Trinajstić information content (AvgIpc) is 3.34. The summed E-state index contributed by atoms with van der Waals surface area (Å²) >= 11 is 0. The third kappa shape index (κ3) is 4.10. The molecule has 184 valence electrons. The first-order valence-corrected chi connectivity index (χ1v) is 11.9. The number of nitrogens with one attached hydrogen (secondary N) is 1. The van der Waals surface area contributed by atoms with Gasteiger partial charge in [0.2, 0.25) is 5.95 Å². The van der Waals surface area contributed by atoms with Gasteiger partial charge in [0.1, 0.15) is 5.84 Å². The number of hydrogen-bond acceptors (Lipinski definition) is 8. The molecule has 9 nitrogen and oxygen atoms in total. The predicted octanol–water partition coefficient (Wildman–Crippen LogP) is 2.52. The molecule has 2 aromatic carbocycles. The topological polar surface area (TPSA) is 92.3 Å². The molecule has 2 aliphatic rings. The van der Waals surface area contributed by atoms with Crippen LogP contribution in [-0.4, -0.2) is 74.8 Å². The molecule has 35 heavy (non-hydrogen) atoms. The molecule has 0 fully saturated rings. The third-order valence-corrected chi connectivity index (χ3v) is 6.88. The van der Waals surface area contributed by atoms with Crippen LogP contribution in [0, 0.1) is 6.92 Å². The number of rotatable bonds is 7. The Bertz CT molecular complexity index is 1350. The number of aromatic nitrogens is 2. The van der Waals surface area contributed by atoms with E-state index in [0.717, 1.165) is 38.4 Å². The third-order valence-electron chi connectivity index (χ3n) is 6.88. The molecule has 0 bridgehead atoms. The van der Waals surface area contributed by atoms with E-state index < -0.39 is 0 Å². The number of hydrogen-bond donors (Lipinski definition) is 1. The number of aliphatic imine (C=N–C) groups is 1. The second kappa shape index (κ2) is 9.58. The number of nitrogens with zero attached hydrogens (tertiary/aromatic N) is 4. The van der Waals surface area contributed by atoms with E-state index in [1.807, 2.05) is 6.92 Å². The van der Waals surface area contributed by atoms with Crippen molar-refractivity contribution < 1.29 is 14.2 Å². The Hall–Kier alpha value is -3.59. The van der Waals surface area contributed by atoms with E-state index in [1.165, 1.54) is 16.7 Å². The maximum absolute atomic E-state index is 13.0. The lowest BCUT2D eigenvalue weighted by molar-refractivity contribution is 0.179. The summed E-state index contributed by atoms with van der Waals surface area (Å²) in [6.07, 6.45) is 0.843. The quantitative estimate of drug-likeness (QED) is 0.559. The number of benzene rings is 2. The highest BCUT2D eigenvalue weighted by Crippen LogP contribution is 2.35. The van der Waals surface area contributed by atoms with E-state index in [0.29, 0.717) is 47.1 Å². The summed E-state index contributed by atoms with van der Waals surface area (Å²) in [6.45, 7) is 6.50. The SMILES string of the molecule is COCCN1CCN=C1c1cccc2c1CCN(c1nc(=O)c3c(C)c(OC)c(OC)cc3[nH]1)C2.